The lowest BCUT2D eigenvalue weighted by molar-refractivity contribution is -0.137. The van der Waals surface area contributed by atoms with Crippen molar-refractivity contribution in [2.45, 2.75) is 6.18 Å². The first-order valence-corrected chi connectivity index (χ1v) is 5.84. The predicted molar refractivity (Wildman–Crippen MR) is 67.3 cm³/mol. The van der Waals surface area contributed by atoms with E-state index >= 15 is 0 Å². The molecule has 3 N–H and O–H groups in total. The maximum atomic E-state index is 12.5. The van der Waals surface area contributed by atoms with Crippen molar-refractivity contribution in [2.24, 2.45) is 5.73 Å². The van der Waals surface area contributed by atoms with Crippen molar-refractivity contribution in [2.75, 3.05) is 0 Å². The quantitative estimate of drug-likeness (QED) is 0.655. The zero-order valence-corrected chi connectivity index (χ0v) is 11.0. The van der Waals surface area contributed by atoms with E-state index in [0.29, 0.717) is 15.7 Å². The molecule has 0 saturated heterocycles. The van der Waals surface area contributed by atoms with Crippen LogP contribution in [0, 0.1) is 5.41 Å². The van der Waals surface area contributed by atoms with Crippen LogP contribution in [0.25, 0.3) is 5.69 Å². The number of hydrogen-bond acceptors (Lipinski definition) is 2. The molecule has 0 saturated carbocycles. The van der Waals surface area contributed by atoms with E-state index in [9.17, 15) is 13.2 Å². The van der Waals surface area contributed by atoms with E-state index in [2.05, 4.69) is 21.0 Å². The molecule has 2 rings (SSSR count). The van der Waals surface area contributed by atoms with Crippen LogP contribution in [0.15, 0.2) is 35.1 Å². The van der Waals surface area contributed by atoms with Gasteiger partial charge in [0.1, 0.15) is 5.84 Å². The summed E-state index contributed by atoms with van der Waals surface area (Å²) < 4.78 is 39.3. The molecule has 0 amide bonds. The fraction of sp³-hybridized carbons (Fsp3) is 0.0909. The van der Waals surface area contributed by atoms with Crippen molar-refractivity contribution in [3.63, 3.8) is 0 Å². The highest BCUT2D eigenvalue weighted by Crippen LogP contribution is 2.29. The molecule has 100 valence electrons. The van der Waals surface area contributed by atoms with Gasteiger partial charge in [-0.25, -0.2) is 4.68 Å². The number of benzene rings is 1. The van der Waals surface area contributed by atoms with Crippen molar-refractivity contribution in [3.8, 4) is 5.69 Å². The molecule has 0 atom stereocenters. The highest BCUT2D eigenvalue weighted by atomic mass is 79.9. The Hall–Kier alpha value is -1.83. The zero-order valence-electron chi connectivity index (χ0n) is 9.37. The minimum Gasteiger partial charge on any atom is -0.384 e. The van der Waals surface area contributed by atoms with Crippen LogP contribution in [-0.2, 0) is 6.18 Å². The largest absolute Gasteiger partial charge is 0.419 e. The molecule has 19 heavy (non-hydrogen) atoms. The second-order valence-electron chi connectivity index (χ2n) is 3.75. The van der Waals surface area contributed by atoms with E-state index in [-0.39, 0.29) is 5.84 Å². The molecular formula is C11H8BrF3N4. The molecule has 1 aromatic carbocycles. The summed E-state index contributed by atoms with van der Waals surface area (Å²) in [4.78, 5) is 0. The molecule has 0 radical (unpaired) electrons. The lowest BCUT2D eigenvalue weighted by Crippen LogP contribution is -2.15. The summed E-state index contributed by atoms with van der Waals surface area (Å²) in [7, 11) is 0. The van der Waals surface area contributed by atoms with E-state index < -0.39 is 11.7 Å². The third-order valence-corrected chi connectivity index (χ3v) is 2.90. The Bertz CT molecular complexity index is 633. The molecule has 1 heterocycles. The van der Waals surface area contributed by atoms with Crippen molar-refractivity contribution in [1.82, 2.24) is 9.78 Å². The summed E-state index contributed by atoms with van der Waals surface area (Å²) in [5.74, 6) is -0.250. The SMILES string of the molecule is N=C(N)c1cc(Br)ccc1-n1cc(C(F)(F)F)cn1. The second kappa shape index (κ2) is 4.69. The Morgan fingerprint density at radius 3 is 2.58 bits per heavy atom. The number of nitrogens with two attached hydrogens (primary N) is 1. The fourth-order valence-corrected chi connectivity index (χ4v) is 1.89. The van der Waals surface area contributed by atoms with E-state index in [4.69, 9.17) is 11.1 Å². The number of rotatable bonds is 2. The van der Waals surface area contributed by atoms with Crippen LogP contribution < -0.4 is 5.73 Å². The van der Waals surface area contributed by atoms with Crippen molar-refractivity contribution < 1.29 is 13.2 Å². The Kier molecular flexibility index (Phi) is 3.36. The van der Waals surface area contributed by atoms with Crippen molar-refractivity contribution >= 4 is 21.8 Å². The van der Waals surface area contributed by atoms with Crippen LogP contribution >= 0.6 is 15.9 Å². The van der Waals surface area contributed by atoms with E-state index in [1.54, 1.807) is 12.1 Å². The Labute approximate surface area is 114 Å². The predicted octanol–water partition coefficient (Wildman–Crippen LogP) is 2.94. The molecule has 1 aromatic heterocycles. The van der Waals surface area contributed by atoms with Gasteiger partial charge in [0.25, 0.3) is 0 Å². The summed E-state index contributed by atoms with van der Waals surface area (Å²) >= 11 is 3.21. The second-order valence-corrected chi connectivity index (χ2v) is 4.66. The minimum absolute atomic E-state index is 0.250. The number of amidine groups is 1. The van der Waals surface area contributed by atoms with Gasteiger partial charge in [-0.05, 0) is 18.2 Å². The van der Waals surface area contributed by atoms with Gasteiger partial charge in [0, 0.05) is 16.2 Å². The van der Waals surface area contributed by atoms with Gasteiger partial charge in [0.05, 0.1) is 17.4 Å². The summed E-state index contributed by atoms with van der Waals surface area (Å²) in [6.45, 7) is 0. The summed E-state index contributed by atoms with van der Waals surface area (Å²) in [6.07, 6.45) is -2.87. The highest BCUT2D eigenvalue weighted by molar-refractivity contribution is 9.10. The highest BCUT2D eigenvalue weighted by Gasteiger charge is 2.32. The molecule has 0 unspecified atom stereocenters. The number of nitrogens with zero attached hydrogens (tertiary/aromatic N) is 2. The number of alkyl halides is 3. The molecule has 8 heteroatoms. The van der Waals surface area contributed by atoms with Crippen LogP contribution in [0.4, 0.5) is 13.2 Å². The van der Waals surface area contributed by atoms with Gasteiger partial charge in [0.15, 0.2) is 0 Å². The van der Waals surface area contributed by atoms with E-state index in [0.717, 1.165) is 17.1 Å². The maximum absolute atomic E-state index is 12.5. The van der Waals surface area contributed by atoms with Crippen molar-refractivity contribution in [3.05, 3.63) is 46.2 Å². The molecular weight excluding hydrogens is 325 g/mol. The summed E-state index contributed by atoms with van der Waals surface area (Å²) in [6, 6.07) is 4.72. The topological polar surface area (TPSA) is 67.7 Å². The molecule has 0 aliphatic heterocycles. The first-order valence-electron chi connectivity index (χ1n) is 5.05. The van der Waals surface area contributed by atoms with Crippen molar-refractivity contribution in [1.29, 1.82) is 5.41 Å². The van der Waals surface area contributed by atoms with Gasteiger partial charge in [-0.15, -0.1) is 0 Å². The summed E-state index contributed by atoms with van der Waals surface area (Å²) in [5.41, 5.74) is 5.16. The molecule has 0 fully saturated rings. The Balaban J connectivity index is 2.53. The molecule has 0 aliphatic carbocycles. The Morgan fingerprint density at radius 2 is 2.05 bits per heavy atom. The third kappa shape index (κ3) is 2.78. The molecule has 4 nitrogen and oxygen atoms in total. The lowest BCUT2D eigenvalue weighted by Gasteiger charge is -2.08. The number of halogens is 4. The molecule has 0 bridgehead atoms. The fourth-order valence-electron chi connectivity index (χ4n) is 1.52. The normalized spacial score (nSPS) is 11.6. The van der Waals surface area contributed by atoms with Crippen LogP contribution in [0.5, 0.6) is 0 Å². The Morgan fingerprint density at radius 1 is 1.37 bits per heavy atom. The smallest absolute Gasteiger partial charge is 0.384 e. The average Bonchev–Trinajstić information content (AvgIpc) is 2.77. The van der Waals surface area contributed by atoms with Gasteiger partial charge >= 0.3 is 6.18 Å². The number of aromatic nitrogens is 2. The standard InChI is InChI=1S/C11H8BrF3N4/c12-7-1-2-9(8(3-7)10(16)17)19-5-6(4-18-19)11(13,14)15/h1-5H,(H3,16,17). The third-order valence-electron chi connectivity index (χ3n) is 2.41. The molecule has 2 aromatic rings. The average molecular weight is 333 g/mol. The first-order chi connectivity index (χ1) is 8.79. The minimum atomic E-state index is -4.45. The number of nitrogen functional groups attached to an aromatic ring is 1. The van der Waals surface area contributed by atoms with Gasteiger partial charge in [-0.2, -0.15) is 18.3 Å². The number of nitrogens with one attached hydrogen (secondary N) is 1. The van der Waals surface area contributed by atoms with Gasteiger partial charge < -0.3 is 5.73 Å². The van der Waals surface area contributed by atoms with Crippen LogP contribution in [0.2, 0.25) is 0 Å². The maximum Gasteiger partial charge on any atom is 0.419 e. The zero-order chi connectivity index (χ0) is 14.2. The van der Waals surface area contributed by atoms with E-state index in [1.807, 2.05) is 0 Å². The lowest BCUT2D eigenvalue weighted by atomic mass is 10.1. The summed E-state index contributed by atoms with van der Waals surface area (Å²) in [5, 5.41) is 11.1. The van der Waals surface area contributed by atoms with E-state index in [1.165, 1.54) is 6.07 Å². The van der Waals surface area contributed by atoms with Crippen LogP contribution in [0.1, 0.15) is 11.1 Å². The van der Waals surface area contributed by atoms with Crippen LogP contribution in [0.3, 0.4) is 0 Å². The first kappa shape index (κ1) is 13.6. The van der Waals surface area contributed by atoms with Gasteiger partial charge in [0.2, 0.25) is 0 Å². The monoisotopic (exact) mass is 332 g/mol. The van der Waals surface area contributed by atoms with Gasteiger partial charge in [-0.1, -0.05) is 15.9 Å². The van der Waals surface area contributed by atoms with Crippen LogP contribution in [-0.4, -0.2) is 15.6 Å². The molecule has 0 aliphatic rings. The van der Waals surface area contributed by atoms with Gasteiger partial charge in [-0.3, -0.25) is 5.41 Å². The number of hydrogen-bond donors (Lipinski definition) is 2. The molecule has 0 spiro atoms.